The molecule has 5 rings (SSSR count). The van der Waals surface area contributed by atoms with E-state index in [0.29, 0.717) is 31.9 Å². The van der Waals surface area contributed by atoms with Gasteiger partial charge in [-0.2, -0.15) is 0 Å². The van der Waals surface area contributed by atoms with Gasteiger partial charge < -0.3 is 24.0 Å². The molecule has 0 saturated carbocycles. The average molecular weight is 523 g/mol. The third kappa shape index (κ3) is 6.34. The Morgan fingerprint density at radius 1 is 0.744 bits per heavy atom. The third-order valence-electron chi connectivity index (χ3n) is 6.97. The maximum atomic E-state index is 13.4. The van der Waals surface area contributed by atoms with Crippen molar-refractivity contribution in [1.82, 2.24) is 4.90 Å². The summed E-state index contributed by atoms with van der Waals surface area (Å²) in [5, 5.41) is 0. The van der Waals surface area contributed by atoms with Crippen molar-refractivity contribution in [2.45, 2.75) is 13.5 Å². The van der Waals surface area contributed by atoms with Crippen LogP contribution in [0.15, 0.2) is 97.1 Å². The van der Waals surface area contributed by atoms with Crippen LogP contribution < -0.4 is 19.1 Å². The van der Waals surface area contributed by atoms with Crippen LogP contribution in [0.1, 0.15) is 22.8 Å². The fourth-order valence-corrected chi connectivity index (χ4v) is 4.80. The molecule has 0 bridgehead atoms. The van der Waals surface area contributed by atoms with E-state index < -0.39 is 0 Å². The molecule has 1 saturated heterocycles. The Balaban J connectivity index is 1.23. The van der Waals surface area contributed by atoms with Gasteiger partial charge in [0.1, 0.15) is 23.9 Å². The van der Waals surface area contributed by atoms with Gasteiger partial charge in [0.15, 0.2) is 0 Å². The van der Waals surface area contributed by atoms with Crippen LogP contribution in [0, 0.1) is 0 Å². The Hall–Kier alpha value is -4.45. The van der Waals surface area contributed by atoms with Gasteiger partial charge >= 0.3 is 0 Å². The number of nitrogens with zero attached hydrogens (tertiary/aromatic N) is 2. The predicted octanol–water partition coefficient (Wildman–Crippen LogP) is 6.30. The number of methoxy groups -OCH3 is 1. The van der Waals surface area contributed by atoms with Crippen LogP contribution in [0.2, 0.25) is 0 Å². The minimum Gasteiger partial charge on any atom is -0.497 e. The third-order valence-corrected chi connectivity index (χ3v) is 6.97. The minimum atomic E-state index is 0.0286. The van der Waals surface area contributed by atoms with Crippen LogP contribution in [-0.4, -0.2) is 50.7 Å². The fraction of sp³-hybridized carbons (Fsp3) is 0.242. The molecule has 200 valence electrons. The van der Waals surface area contributed by atoms with Gasteiger partial charge in [0.2, 0.25) is 0 Å². The van der Waals surface area contributed by atoms with Crippen LogP contribution in [0.25, 0.3) is 11.1 Å². The monoisotopic (exact) mass is 522 g/mol. The van der Waals surface area contributed by atoms with E-state index in [2.05, 4.69) is 41.3 Å². The molecule has 0 radical (unpaired) electrons. The summed E-state index contributed by atoms with van der Waals surface area (Å²) in [5.74, 6) is 2.37. The summed E-state index contributed by atoms with van der Waals surface area (Å²) >= 11 is 0. The van der Waals surface area contributed by atoms with Crippen LogP contribution >= 0.6 is 0 Å². The highest BCUT2D eigenvalue weighted by Gasteiger charge is 2.23. The van der Waals surface area contributed by atoms with Crippen LogP contribution in [-0.2, 0) is 6.61 Å². The molecule has 1 fully saturated rings. The molecule has 6 nitrogen and oxygen atoms in total. The molecule has 0 aliphatic carbocycles. The van der Waals surface area contributed by atoms with Gasteiger partial charge in [-0.05, 0) is 72.6 Å². The zero-order chi connectivity index (χ0) is 27.0. The van der Waals surface area contributed by atoms with Crippen LogP contribution in [0.3, 0.4) is 0 Å². The molecule has 4 aromatic carbocycles. The van der Waals surface area contributed by atoms with Crippen molar-refractivity contribution in [3.8, 4) is 28.4 Å². The van der Waals surface area contributed by atoms with E-state index in [1.165, 1.54) is 5.56 Å². The Kier molecular flexibility index (Phi) is 8.32. The molecule has 0 atom stereocenters. The Morgan fingerprint density at radius 3 is 2.08 bits per heavy atom. The van der Waals surface area contributed by atoms with E-state index >= 15 is 0 Å². The highest BCUT2D eigenvalue weighted by Crippen LogP contribution is 2.27. The Morgan fingerprint density at radius 2 is 1.41 bits per heavy atom. The first-order valence-electron chi connectivity index (χ1n) is 13.4. The van der Waals surface area contributed by atoms with E-state index in [1.54, 1.807) is 7.11 Å². The first-order valence-corrected chi connectivity index (χ1v) is 13.4. The van der Waals surface area contributed by atoms with Gasteiger partial charge in [-0.1, -0.05) is 42.5 Å². The number of hydrogen-bond donors (Lipinski definition) is 0. The fourth-order valence-electron chi connectivity index (χ4n) is 4.80. The summed E-state index contributed by atoms with van der Waals surface area (Å²) in [4.78, 5) is 17.6. The van der Waals surface area contributed by atoms with Crippen molar-refractivity contribution in [3.63, 3.8) is 0 Å². The van der Waals surface area contributed by atoms with E-state index in [1.807, 2.05) is 72.5 Å². The number of benzene rings is 4. The van der Waals surface area contributed by atoms with Gasteiger partial charge in [-0.15, -0.1) is 0 Å². The molecule has 0 unspecified atom stereocenters. The highest BCUT2D eigenvalue weighted by atomic mass is 16.5. The van der Waals surface area contributed by atoms with Gasteiger partial charge in [-0.25, -0.2) is 0 Å². The first-order chi connectivity index (χ1) is 19.1. The van der Waals surface area contributed by atoms with Crippen LogP contribution in [0.4, 0.5) is 5.69 Å². The number of ether oxygens (including phenoxy) is 3. The molecule has 0 spiro atoms. The maximum Gasteiger partial charge on any atom is 0.253 e. The number of hydrogen-bond acceptors (Lipinski definition) is 5. The molecule has 6 heteroatoms. The number of carbonyl (C=O) groups is 1. The average Bonchev–Trinajstić information content (AvgIpc) is 3.01. The summed E-state index contributed by atoms with van der Waals surface area (Å²) in [5.41, 5.74) is 4.94. The minimum absolute atomic E-state index is 0.0286. The number of anilines is 1. The second kappa shape index (κ2) is 12.4. The number of rotatable bonds is 9. The number of amides is 1. The normalized spacial score (nSPS) is 13.2. The lowest BCUT2D eigenvalue weighted by Crippen LogP contribution is -2.48. The maximum absolute atomic E-state index is 13.4. The lowest BCUT2D eigenvalue weighted by molar-refractivity contribution is 0.0746. The van der Waals surface area contributed by atoms with Crippen molar-refractivity contribution < 1.29 is 19.0 Å². The smallest absolute Gasteiger partial charge is 0.253 e. The molecule has 1 aliphatic rings. The highest BCUT2D eigenvalue weighted by molar-refractivity contribution is 5.94. The standard InChI is InChI=1S/C33H34N2O4/c1-3-38-32-18-11-27(33(36)35-21-19-34(20-22-35)29-12-16-30(37-2)17-13-29)23-28(32)24-39-31-14-9-26(10-15-31)25-7-5-4-6-8-25/h4-18,23H,3,19-22,24H2,1-2H3. The van der Waals surface area contributed by atoms with E-state index in [9.17, 15) is 4.79 Å². The lowest BCUT2D eigenvalue weighted by Gasteiger charge is -2.36. The second-order valence-electron chi connectivity index (χ2n) is 9.41. The SMILES string of the molecule is CCOc1ccc(C(=O)N2CCN(c3ccc(OC)cc3)CC2)cc1COc1ccc(-c2ccccc2)cc1. The molecular formula is C33H34N2O4. The zero-order valence-electron chi connectivity index (χ0n) is 22.5. The van der Waals surface area contributed by atoms with E-state index in [4.69, 9.17) is 14.2 Å². The number of carbonyl (C=O) groups excluding carboxylic acids is 1. The van der Waals surface area contributed by atoms with E-state index in [-0.39, 0.29) is 5.91 Å². The second-order valence-corrected chi connectivity index (χ2v) is 9.41. The predicted molar refractivity (Wildman–Crippen MR) is 155 cm³/mol. The summed E-state index contributed by atoms with van der Waals surface area (Å²) < 4.78 is 17.2. The number of piperazine rings is 1. The Labute approximate surface area is 230 Å². The first kappa shape index (κ1) is 26.2. The summed E-state index contributed by atoms with van der Waals surface area (Å²) in [6, 6.07) is 32.0. The van der Waals surface area contributed by atoms with Crippen molar-refractivity contribution in [1.29, 1.82) is 0 Å². The quantitative estimate of drug-likeness (QED) is 0.258. The van der Waals surface area contributed by atoms with Crippen molar-refractivity contribution in [2.75, 3.05) is 44.8 Å². The zero-order valence-corrected chi connectivity index (χ0v) is 22.5. The summed E-state index contributed by atoms with van der Waals surface area (Å²) in [6.07, 6.45) is 0. The van der Waals surface area contributed by atoms with Crippen molar-refractivity contribution in [3.05, 3.63) is 108 Å². The van der Waals surface area contributed by atoms with Gasteiger partial charge in [0.25, 0.3) is 5.91 Å². The molecule has 0 aromatic heterocycles. The van der Waals surface area contributed by atoms with Crippen LogP contribution in [0.5, 0.6) is 17.2 Å². The van der Waals surface area contributed by atoms with Gasteiger partial charge in [-0.3, -0.25) is 4.79 Å². The molecule has 1 heterocycles. The molecule has 39 heavy (non-hydrogen) atoms. The van der Waals surface area contributed by atoms with Gasteiger partial charge in [0, 0.05) is 43.0 Å². The van der Waals surface area contributed by atoms with E-state index in [0.717, 1.165) is 47.2 Å². The Bertz CT molecular complexity index is 1360. The van der Waals surface area contributed by atoms with Crippen molar-refractivity contribution in [2.24, 2.45) is 0 Å². The topological polar surface area (TPSA) is 51.2 Å². The lowest BCUT2D eigenvalue weighted by atomic mass is 10.1. The molecular weight excluding hydrogens is 488 g/mol. The summed E-state index contributed by atoms with van der Waals surface area (Å²) in [6.45, 7) is 5.70. The molecule has 1 aliphatic heterocycles. The molecule has 1 amide bonds. The van der Waals surface area contributed by atoms with Crippen molar-refractivity contribution >= 4 is 11.6 Å². The van der Waals surface area contributed by atoms with Gasteiger partial charge in [0.05, 0.1) is 13.7 Å². The molecule has 0 N–H and O–H groups in total. The summed E-state index contributed by atoms with van der Waals surface area (Å²) in [7, 11) is 1.67. The molecule has 4 aromatic rings. The largest absolute Gasteiger partial charge is 0.497 e.